The monoisotopic (exact) mass is 539 g/mol. The Labute approximate surface area is 240 Å². The minimum absolute atomic E-state index is 0.00181. The van der Waals surface area contributed by atoms with Crippen LogP contribution >= 0.6 is 0 Å². The third kappa shape index (κ3) is 7.13. The van der Waals surface area contributed by atoms with E-state index >= 15 is 0 Å². The molecule has 0 atom stereocenters. The van der Waals surface area contributed by atoms with Gasteiger partial charge in [0.25, 0.3) is 5.91 Å². The number of likely N-dealkylation sites (N-methyl/N-ethyl adjacent to an activating group) is 1. The van der Waals surface area contributed by atoms with Gasteiger partial charge >= 0.3 is 0 Å². The van der Waals surface area contributed by atoms with E-state index in [4.69, 9.17) is 4.74 Å². The van der Waals surface area contributed by atoms with Gasteiger partial charge in [0.2, 0.25) is 0 Å². The van der Waals surface area contributed by atoms with Gasteiger partial charge in [-0.15, -0.1) is 0 Å². The van der Waals surface area contributed by atoms with Crippen molar-refractivity contribution in [1.82, 2.24) is 15.1 Å². The number of rotatable bonds is 10. The molecule has 2 aliphatic rings. The Kier molecular flexibility index (Phi) is 9.56. The molecule has 1 aliphatic heterocycles. The lowest BCUT2D eigenvalue weighted by Crippen LogP contribution is -2.53. The summed E-state index contributed by atoms with van der Waals surface area (Å²) >= 11 is 0. The Bertz CT molecular complexity index is 1140. The molecule has 1 saturated carbocycles. The Balaban J connectivity index is 1.11. The Morgan fingerprint density at radius 1 is 0.875 bits per heavy atom. The largest absolute Gasteiger partial charge is 0.490 e. The number of benzene rings is 3. The van der Waals surface area contributed by atoms with Crippen LogP contribution in [0.25, 0.3) is 0 Å². The molecule has 5 nitrogen and oxygen atoms in total. The van der Waals surface area contributed by atoms with Crippen LogP contribution in [-0.4, -0.2) is 67.6 Å². The fourth-order valence-electron chi connectivity index (χ4n) is 6.46. The lowest BCUT2D eigenvalue weighted by molar-refractivity contribution is 0.0799. The first kappa shape index (κ1) is 28.4. The molecule has 1 N–H and O–H groups in total. The molecule has 212 valence electrons. The van der Waals surface area contributed by atoms with Gasteiger partial charge in [0.05, 0.1) is 0 Å². The number of piperidine rings is 1. The second kappa shape index (κ2) is 13.5. The minimum Gasteiger partial charge on any atom is -0.490 e. The summed E-state index contributed by atoms with van der Waals surface area (Å²) in [7, 11) is 4.28. The fraction of sp³-hybridized carbons (Fsp3) is 0.457. The molecule has 0 spiro atoms. The third-order valence-corrected chi connectivity index (χ3v) is 9.11. The van der Waals surface area contributed by atoms with Crippen LogP contribution in [0, 0.1) is 0 Å². The summed E-state index contributed by atoms with van der Waals surface area (Å²) < 4.78 is 6.35. The maximum atomic E-state index is 12.9. The minimum atomic E-state index is -0.00181. The van der Waals surface area contributed by atoms with Crippen molar-refractivity contribution in [2.45, 2.75) is 62.5 Å². The van der Waals surface area contributed by atoms with Crippen molar-refractivity contribution in [1.29, 1.82) is 0 Å². The number of ether oxygens (including phenoxy) is 1. The van der Waals surface area contributed by atoms with Crippen molar-refractivity contribution >= 4 is 5.91 Å². The molecule has 0 radical (unpaired) electrons. The van der Waals surface area contributed by atoms with Crippen molar-refractivity contribution in [2.24, 2.45) is 0 Å². The van der Waals surface area contributed by atoms with Crippen molar-refractivity contribution in [3.8, 4) is 5.75 Å². The first-order valence-corrected chi connectivity index (χ1v) is 15.1. The van der Waals surface area contributed by atoms with E-state index in [1.807, 2.05) is 24.3 Å². The van der Waals surface area contributed by atoms with Crippen LogP contribution in [0.1, 0.15) is 72.3 Å². The first-order chi connectivity index (χ1) is 19.5. The highest BCUT2D eigenvalue weighted by molar-refractivity contribution is 5.94. The summed E-state index contributed by atoms with van der Waals surface area (Å²) in [6, 6.07) is 29.4. The summed E-state index contributed by atoms with van der Waals surface area (Å²) in [5, 5.41) is 3.21. The number of amides is 1. The predicted molar refractivity (Wildman–Crippen MR) is 163 cm³/mol. The Morgan fingerprint density at radius 3 is 2.00 bits per heavy atom. The van der Waals surface area contributed by atoms with Crippen molar-refractivity contribution in [3.63, 3.8) is 0 Å². The van der Waals surface area contributed by atoms with Crippen molar-refractivity contribution in [2.75, 3.05) is 40.3 Å². The molecule has 1 heterocycles. The lowest BCUT2D eigenvalue weighted by atomic mass is 9.80. The summed E-state index contributed by atoms with van der Waals surface area (Å²) in [4.78, 5) is 17.8. The van der Waals surface area contributed by atoms with Gasteiger partial charge < -0.3 is 19.9 Å². The molecule has 0 bridgehead atoms. The molecule has 3 aromatic carbocycles. The van der Waals surface area contributed by atoms with Gasteiger partial charge in [-0.2, -0.15) is 0 Å². The molecule has 1 saturated heterocycles. The van der Waals surface area contributed by atoms with E-state index in [9.17, 15) is 4.79 Å². The van der Waals surface area contributed by atoms with E-state index in [1.165, 1.54) is 30.4 Å². The van der Waals surface area contributed by atoms with Crippen LogP contribution in [0.15, 0.2) is 84.9 Å². The van der Waals surface area contributed by atoms with Gasteiger partial charge in [0.15, 0.2) is 0 Å². The van der Waals surface area contributed by atoms with Gasteiger partial charge in [-0.05, 0) is 75.2 Å². The topological polar surface area (TPSA) is 44.8 Å². The molecule has 1 aliphatic carbocycles. The molecular weight excluding hydrogens is 494 g/mol. The summed E-state index contributed by atoms with van der Waals surface area (Å²) in [6.07, 6.45) is 8.27. The Hall–Kier alpha value is -3.15. The predicted octanol–water partition coefficient (Wildman–Crippen LogP) is 6.36. The highest BCUT2D eigenvalue weighted by Crippen LogP contribution is 2.32. The zero-order valence-corrected chi connectivity index (χ0v) is 24.2. The number of hydrogen-bond acceptors (Lipinski definition) is 4. The van der Waals surface area contributed by atoms with Crippen LogP contribution < -0.4 is 10.1 Å². The average molecular weight is 540 g/mol. The zero-order valence-electron chi connectivity index (χ0n) is 24.2. The summed E-state index contributed by atoms with van der Waals surface area (Å²) in [6.45, 7) is 3.76. The van der Waals surface area contributed by atoms with Crippen LogP contribution in [-0.2, 0) is 0 Å². The second-order valence-electron chi connectivity index (χ2n) is 11.9. The van der Waals surface area contributed by atoms with Crippen LogP contribution in [0.5, 0.6) is 5.75 Å². The van der Waals surface area contributed by atoms with E-state index in [1.54, 1.807) is 0 Å². The number of carbonyl (C=O) groups is 1. The zero-order chi connectivity index (χ0) is 27.8. The molecule has 0 aromatic heterocycles. The quantitative estimate of drug-likeness (QED) is 0.326. The number of hydrogen-bond donors (Lipinski definition) is 1. The standard InChI is InChI=1S/C35H45N3O2/c1-37(2)35(22-10-5-11-23-35)27-36-34(39)30-16-18-31(19-17-30)40-32-20-24-38(25-21-32)26-33(28-12-6-3-7-13-28)29-14-8-4-9-15-29/h3-4,6-9,12-19,32-33H,5,10-11,20-27H2,1-2H3,(H,36,39). The van der Waals surface area contributed by atoms with Gasteiger partial charge in [-0.25, -0.2) is 0 Å². The molecule has 3 aromatic rings. The Morgan fingerprint density at radius 2 is 1.45 bits per heavy atom. The molecule has 0 unspecified atom stereocenters. The maximum Gasteiger partial charge on any atom is 0.251 e. The van der Waals surface area contributed by atoms with Crippen LogP contribution in [0.3, 0.4) is 0 Å². The van der Waals surface area contributed by atoms with Gasteiger partial charge in [-0.3, -0.25) is 4.79 Å². The SMILES string of the molecule is CN(C)C1(CNC(=O)c2ccc(OC3CCN(CC(c4ccccc4)c4ccccc4)CC3)cc2)CCCCC1. The highest BCUT2D eigenvalue weighted by Gasteiger charge is 2.34. The van der Waals surface area contributed by atoms with E-state index < -0.39 is 0 Å². The van der Waals surface area contributed by atoms with E-state index in [2.05, 4.69) is 89.9 Å². The van der Waals surface area contributed by atoms with Crippen LogP contribution in [0.2, 0.25) is 0 Å². The summed E-state index contributed by atoms with van der Waals surface area (Å²) in [5.41, 5.74) is 3.51. The van der Waals surface area contributed by atoms with E-state index in [0.29, 0.717) is 18.0 Å². The van der Waals surface area contributed by atoms with Crippen molar-refractivity contribution < 1.29 is 9.53 Å². The third-order valence-electron chi connectivity index (χ3n) is 9.11. The van der Waals surface area contributed by atoms with Gasteiger partial charge in [-0.1, -0.05) is 79.9 Å². The number of nitrogens with one attached hydrogen (secondary N) is 1. The van der Waals surface area contributed by atoms with E-state index in [0.717, 1.165) is 51.1 Å². The number of nitrogens with zero attached hydrogens (tertiary/aromatic N) is 2. The lowest BCUT2D eigenvalue weighted by Gasteiger charge is -2.43. The summed E-state index contributed by atoms with van der Waals surface area (Å²) in [5.74, 6) is 1.21. The number of likely N-dealkylation sites (tertiary alicyclic amines) is 1. The molecule has 5 heteroatoms. The first-order valence-electron chi connectivity index (χ1n) is 15.1. The fourth-order valence-corrected chi connectivity index (χ4v) is 6.46. The number of carbonyl (C=O) groups excluding carboxylic acids is 1. The van der Waals surface area contributed by atoms with Crippen LogP contribution in [0.4, 0.5) is 0 Å². The highest BCUT2D eigenvalue weighted by atomic mass is 16.5. The molecule has 2 fully saturated rings. The normalized spacial score (nSPS) is 18.1. The smallest absolute Gasteiger partial charge is 0.251 e. The maximum absolute atomic E-state index is 12.9. The molecule has 5 rings (SSSR count). The molecule has 40 heavy (non-hydrogen) atoms. The average Bonchev–Trinajstić information content (AvgIpc) is 3.01. The van der Waals surface area contributed by atoms with Gasteiger partial charge in [0.1, 0.15) is 11.9 Å². The molecule has 1 amide bonds. The molecular formula is C35H45N3O2. The van der Waals surface area contributed by atoms with Gasteiger partial charge in [0, 0.05) is 43.2 Å². The second-order valence-corrected chi connectivity index (χ2v) is 11.9. The van der Waals surface area contributed by atoms with Crippen molar-refractivity contribution in [3.05, 3.63) is 102 Å². The van der Waals surface area contributed by atoms with E-state index in [-0.39, 0.29) is 17.6 Å².